The summed E-state index contributed by atoms with van der Waals surface area (Å²) in [6.07, 6.45) is 1.10. The van der Waals surface area contributed by atoms with E-state index in [1.165, 1.54) is 10.4 Å². The molecule has 110 valence electrons. The molecule has 0 spiro atoms. The van der Waals surface area contributed by atoms with Crippen molar-refractivity contribution in [1.29, 1.82) is 0 Å². The van der Waals surface area contributed by atoms with Crippen molar-refractivity contribution in [2.45, 2.75) is 30.2 Å². The number of sulfonamides is 1. The molecule has 1 aromatic rings. The summed E-state index contributed by atoms with van der Waals surface area (Å²) in [6, 6.07) is 4.44. The van der Waals surface area contributed by atoms with Gasteiger partial charge in [-0.3, -0.25) is 4.79 Å². The molecule has 1 heterocycles. The molecule has 0 radical (unpaired) electrons. The molecule has 0 aromatic heterocycles. The summed E-state index contributed by atoms with van der Waals surface area (Å²) in [5.41, 5.74) is 0. The van der Waals surface area contributed by atoms with Crippen LogP contribution in [-0.4, -0.2) is 36.4 Å². The van der Waals surface area contributed by atoms with E-state index < -0.39 is 22.0 Å². The van der Waals surface area contributed by atoms with Gasteiger partial charge in [-0.1, -0.05) is 15.9 Å². The molecule has 0 bridgehead atoms. The Balaban J connectivity index is 2.39. The molecule has 5 nitrogen and oxygen atoms in total. The van der Waals surface area contributed by atoms with Gasteiger partial charge in [-0.2, -0.15) is 4.31 Å². The van der Waals surface area contributed by atoms with Crippen LogP contribution < -0.4 is 0 Å². The zero-order chi connectivity index (χ0) is 14.9. The number of hydrogen-bond acceptors (Lipinski definition) is 3. The number of carboxylic acid groups (broad SMARTS) is 1. The van der Waals surface area contributed by atoms with Crippen LogP contribution in [0.15, 0.2) is 32.0 Å². The van der Waals surface area contributed by atoms with E-state index >= 15 is 0 Å². The van der Waals surface area contributed by atoms with Crippen LogP contribution in [0.25, 0.3) is 0 Å². The van der Waals surface area contributed by atoms with Gasteiger partial charge in [0.15, 0.2) is 0 Å². The first-order valence-corrected chi connectivity index (χ1v) is 9.03. The number of nitrogens with zero attached hydrogens (tertiary/aromatic N) is 1. The number of aliphatic carboxylic acids is 1. The first kappa shape index (κ1) is 15.9. The molecule has 1 aliphatic rings. The van der Waals surface area contributed by atoms with Gasteiger partial charge < -0.3 is 5.11 Å². The molecule has 1 N–H and O–H groups in total. The largest absolute Gasteiger partial charge is 0.481 e. The van der Waals surface area contributed by atoms with Crippen molar-refractivity contribution < 1.29 is 18.3 Å². The summed E-state index contributed by atoms with van der Waals surface area (Å²) in [4.78, 5) is 11.0. The third-order valence-electron chi connectivity index (χ3n) is 3.21. The number of halogens is 2. The van der Waals surface area contributed by atoms with Gasteiger partial charge in [-0.05, 0) is 47.0 Å². The van der Waals surface area contributed by atoms with Crippen LogP contribution in [0.4, 0.5) is 0 Å². The van der Waals surface area contributed by atoms with Gasteiger partial charge in [0.25, 0.3) is 0 Å². The van der Waals surface area contributed by atoms with Gasteiger partial charge >= 0.3 is 5.97 Å². The summed E-state index contributed by atoms with van der Waals surface area (Å²) in [6.45, 7) is 0.360. The summed E-state index contributed by atoms with van der Waals surface area (Å²) < 4.78 is 27.8. The third-order valence-corrected chi connectivity index (χ3v) is 6.65. The van der Waals surface area contributed by atoms with Crippen LogP contribution in [0, 0.1) is 0 Å². The lowest BCUT2D eigenvalue weighted by molar-refractivity contribution is -0.137. The van der Waals surface area contributed by atoms with Gasteiger partial charge in [0.2, 0.25) is 10.0 Å². The van der Waals surface area contributed by atoms with E-state index in [4.69, 9.17) is 5.11 Å². The zero-order valence-corrected chi connectivity index (χ0v) is 14.4. The number of hydrogen-bond donors (Lipinski definition) is 1. The predicted octanol–water partition coefficient (Wildman–Crippen LogP) is 2.84. The molecule has 20 heavy (non-hydrogen) atoms. The lowest BCUT2D eigenvalue weighted by atomic mass is 10.2. The van der Waals surface area contributed by atoms with Gasteiger partial charge in [-0.25, -0.2) is 8.42 Å². The molecule has 0 aliphatic carbocycles. The van der Waals surface area contributed by atoms with E-state index in [0.717, 1.165) is 0 Å². The monoisotopic (exact) mass is 425 g/mol. The van der Waals surface area contributed by atoms with Gasteiger partial charge in [-0.15, -0.1) is 0 Å². The second-order valence-corrected chi connectivity index (χ2v) is 8.21. The van der Waals surface area contributed by atoms with Crippen molar-refractivity contribution in [2.75, 3.05) is 6.54 Å². The van der Waals surface area contributed by atoms with Crippen molar-refractivity contribution in [1.82, 2.24) is 4.31 Å². The number of benzene rings is 1. The van der Waals surface area contributed by atoms with Crippen molar-refractivity contribution in [3.63, 3.8) is 0 Å². The summed E-state index contributed by atoms with van der Waals surface area (Å²) in [5.74, 6) is -0.981. The minimum absolute atomic E-state index is 0.157. The SMILES string of the molecule is O=C(O)CC1CCCN1S(=O)(=O)c1cc(Br)ccc1Br. The summed E-state index contributed by atoms with van der Waals surface area (Å²) >= 11 is 6.50. The molecular formula is C12H13Br2NO4S. The highest BCUT2D eigenvalue weighted by atomic mass is 79.9. The van der Waals surface area contributed by atoms with Crippen molar-refractivity contribution in [3.05, 3.63) is 27.1 Å². The Kier molecular flexibility index (Phi) is 4.88. The second kappa shape index (κ2) is 6.13. The second-order valence-electron chi connectivity index (χ2n) is 4.58. The lowest BCUT2D eigenvalue weighted by Crippen LogP contribution is -2.37. The molecule has 0 amide bonds. The maximum Gasteiger partial charge on any atom is 0.304 e. The Bertz CT molecular complexity index is 632. The normalized spacial score (nSPS) is 20.2. The highest BCUT2D eigenvalue weighted by Gasteiger charge is 2.37. The van der Waals surface area contributed by atoms with Crippen LogP contribution in [0.5, 0.6) is 0 Å². The molecule has 1 atom stereocenters. The average Bonchev–Trinajstić information content (AvgIpc) is 2.80. The molecule has 1 unspecified atom stereocenters. The summed E-state index contributed by atoms with van der Waals surface area (Å²) in [5, 5.41) is 8.89. The van der Waals surface area contributed by atoms with Crippen LogP contribution in [0.1, 0.15) is 19.3 Å². The third kappa shape index (κ3) is 3.24. The Morgan fingerprint density at radius 3 is 2.75 bits per heavy atom. The Morgan fingerprint density at radius 1 is 1.40 bits per heavy atom. The molecule has 1 fully saturated rings. The van der Waals surface area contributed by atoms with Crippen molar-refractivity contribution in [3.8, 4) is 0 Å². The highest BCUT2D eigenvalue weighted by Crippen LogP contribution is 2.33. The Hall–Kier alpha value is -0.440. The zero-order valence-electron chi connectivity index (χ0n) is 10.4. The smallest absolute Gasteiger partial charge is 0.304 e. The number of rotatable bonds is 4. The standard InChI is InChI=1S/C12H13Br2NO4S/c13-8-3-4-10(14)11(6-8)20(18,19)15-5-1-2-9(15)7-12(16)17/h3-4,6,9H,1-2,5,7H2,(H,16,17). The molecule has 2 rings (SSSR count). The first-order valence-electron chi connectivity index (χ1n) is 6.01. The molecular weight excluding hydrogens is 414 g/mol. The quantitative estimate of drug-likeness (QED) is 0.803. The van der Waals surface area contributed by atoms with Crippen LogP contribution >= 0.6 is 31.9 Å². The minimum atomic E-state index is -3.69. The Labute approximate surface area is 134 Å². The topological polar surface area (TPSA) is 74.7 Å². The lowest BCUT2D eigenvalue weighted by Gasteiger charge is -2.23. The van der Waals surface area contributed by atoms with E-state index in [1.807, 2.05) is 0 Å². The number of carboxylic acids is 1. The molecule has 1 saturated heterocycles. The molecule has 8 heteroatoms. The van der Waals surface area contributed by atoms with Gasteiger partial charge in [0.1, 0.15) is 0 Å². The molecule has 0 saturated carbocycles. The maximum absolute atomic E-state index is 12.7. The fourth-order valence-corrected chi connectivity index (χ4v) is 5.49. The molecule has 1 aromatic carbocycles. The van der Waals surface area contributed by atoms with E-state index in [-0.39, 0.29) is 11.3 Å². The van der Waals surface area contributed by atoms with E-state index in [1.54, 1.807) is 12.1 Å². The highest BCUT2D eigenvalue weighted by molar-refractivity contribution is 9.11. The van der Waals surface area contributed by atoms with Crippen LogP contribution in [-0.2, 0) is 14.8 Å². The van der Waals surface area contributed by atoms with Crippen LogP contribution in [0.2, 0.25) is 0 Å². The first-order chi connectivity index (χ1) is 9.32. The molecule has 1 aliphatic heterocycles. The van der Waals surface area contributed by atoms with Crippen LogP contribution in [0.3, 0.4) is 0 Å². The predicted molar refractivity (Wildman–Crippen MR) is 81.0 cm³/mol. The maximum atomic E-state index is 12.7. The van der Waals surface area contributed by atoms with E-state index in [2.05, 4.69) is 31.9 Å². The van der Waals surface area contributed by atoms with E-state index in [0.29, 0.717) is 28.3 Å². The fraction of sp³-hybridized carbons (Fsp3) is 0.417. The van der Waals surface area contributed by atoms with E-state index in [9.17, 15) is 13.2 Å². The minimum Gasteiger partial charge on any atom is -0.481 e. The van der Waals surface area contributed by atoms with Crippen molar-refractivity contribution in [2.24, 2.45) is 0 Å². The average molecular weight is 427 g/mol. The Morgan fingerprint density at radius 2 is 2.10 bits per heavy atom. The van der Waals surface area contributed by atoms with Gasteiger partial charge in [0, 0.05) is 21.5 Å². The number of carbonyl (C=O) groups is 1. The van der Waals surface area contributed by atoms with Crippen molar-refractivity contribution >= 4 is 47.9 Å². The van der Waals surface area contributed by atoms with Gasteiger partial charge in [0.05, 0.1) is 11.3 Å². The summed E-state index contributed by atoms with van der Waals surface area (Å²) in [7, 11) is -3.69. The fourth-order valence-electron chi connectivity index (χ4n) is 2.33.